The Morgan fingerprint density at radius 1 is 1.24 bits per heavy atom. The molecule has 1 saturated carbocycles. The lowest BCUT2D eigenvalue weighted by molar-refractivity contribution is -0.146. The molecule has 1 heterocycles. The van der Waals surface area contributed by atoms with Crippen LogP contribution in [-0.4, -0.2) is 40.5 Å². The number of benzene rings is 1. The summed E-state index contributed by atoms with van der Waals surface area (Å²) in [6.07, 6.45) is 4.62. The molecule has 0 radical (unpaired) electrons. The molecule has 0 spiro atoms. The van der Waals surface area contributed by atoms with Crippen LogP contribution < -0.4 is 5.32 Å². The number of hydrogen-bond donors (Lipinski definition) is 2. The summed E-state index contributed by atoms with van der Waals surface area (Å²) in [6, 6.07) is 7.61. The van der Waals surface area contributed by atoms with E-state index in [1.165, 1.54) is 0 Å². The first-order valence-electron chi connectivity index (χ1n) is 7.52. The minimum Gasteiger partial charge on any atom is -0.480 e. The van der Waals surface area contributed by atoms with Crippen molar-refractivity contribution in [2.24, 2.45) is 0 Å². The van der Waals surface area contributed by atoms with Gasteiger partial charge < -0.3 is 15.3 Å². The van der Waals surface area contributed by atoms with Crippen molar-refractivity contribution in [3.05, 3.63) is 29.8 Å². The number of carboxylic acid groups (broad SMARTS) is 1. The molecular formula is C16H20N2O3. The van der Waals surface area contributed by atoms with Gasteiger partial charge in [0.15, 0.2) is 0 Å². The average Bonchev–Trinajstić information content (AvgIpc) is 3.12. The van der Waals surface area contributed by atoms with Gasteiger partial charge in [-0.25, -0.2) is 0 Å². The summed E-state index contributed by atoms with van der Waals surface area (Å²) >= 11 is 0. The second-order valence-corrected chi connectivity index (χ2v) is 5.86. The van der Waals surface area contributed by atoms with E-state index in [9.17, 15) is 9.59 Å². The Labute approximate surface area is 123 Å². The lowest BCUT2D eigenvalue weighted by Gasteiger charge is -2.30. The van der Waals surface area contributed by atoms with Gasteiger partial charge in [0.25, 0.3) is 0 Å². The zero-order valence-electron chi connectivity index (χ0n) is 11.9. The summed E-state index contributed by atoms with van der Waals surface area (Å²) < 4.78 is 0. The molecule has 1 fully saturated rings. The second kappa shape index (κ2) is 5.76. The molecule has 5 nitrogen and oxygen atoms in total. The normalized spacial score (nSPS) is 20.9. The van der Waals surface area contributed by atoms with E-state index in [0.717, 1.165) is 36.9 Å². The predicted octanol–water partition coefficient (Wildman–Crippen LogP) is 1.88. The van der Waals surface area contributed by atoms with Crippen LogP contribution in [-0.2, 0) is 16.0 Å². The van der Waals surface area contributed by atoms with E-state index in [1.807, 2.05) is 24.3 Å². The zero-order chi connectivity index (χ0) is 14.8. The predicted molar refractivity (Wildman–Crippen MR) is 79.2 cm³/mol. The maximum Gasteiger partial charge on any atom is 0.323 e. The molecular weight excluding hydrogens is 268 g/mol. The van der Waals surface area contributed by atoms with Crippen LogP contribution in [0.15, 0.2) is 24.3 Å². The first-order chi connectivity index (χ1) is 10.1. The fraction of sp³-hybridized carbons (Fsp3) is 0.500. The molecule has 0 bridgehead atoms. The van der Waals surface area contributed by atoms with E-state index in [2.05, 4.69) is 5.32 Å². The van der Waals surface area contributed by atoms with Crippen LogP contribution in [0.3, 0.4) is 0 Å². The molecule has 1 amide bonds. The van der Waals surface area contributed by atoms with Gasteiger partial charge >= 0.3 is 5.97 Å². The maximum atomic E-state index is 12.7. The molecule has 1 aromatic rings. The number of rotatable bonds is 4. The van der Waals surface area contributed by atoms with Crippen molar-refractivity contribution in [3.63, 3.8) is 0 Å². The van der Waals surface area contributed by atoms with E-state index in [0.29, 0.717) is 6.42 Å². The summed E-state index contributed by atoms with van der Waals surface area (Å²) in [6.45, 7) is -0.196. The number of aliphatic carboxylic acids is 1. The van der Waals surface area contributed by atoms with Crippen molar-refractivity contribution in [1.82, 2.24) is 4.90 Å². The molecule has 1 atom stereocenters. The summed E-state index contributed by atoms with van der Waals surface area (Å²) in [5.74, 6) is -1.02. The topological polar surface area (TPSA) is 69.6 Å². The average molecular weight is 288 g/mol. The molecule has 2 aliphatic rings. The Morgan fingerprint density at radius 2 is 1.95 bits per heavy atom. The number of nitrogens with one attached hydrogen (secondary N) is 1. The van der Waals surface area contributed by atoms with Crippen LogP contribution in [0.1, 0.15) is 31.2 Å². The van der Waals surface area contributed by atoms with E-state index in [4.69, 9.17) is 5.11 Å². The smallest absolute Gasteiger partial charge is 0.323 e. The highest BCUT2D eigenvalue weighted by Gasteiger charge is 2.35. The monoisotopic (exact) mass is 288 g/mol. The van der Waals surface area contributed by atoms with Gasteiger partial charge in [0, 0.05) is 18.2 Å². The van der Waals surface area contributed by atoms with Crippen LogP contribution in [0.25, 0.3) is 0 Å². The number of hydrogen-bond acceptors (Lipinski definition) is 3. The Hall–Kier alpha value is -2.04. The second-order valence-electron chi connectivity index (χ2n) is 5.86. The molecule has 2 N–H and O–H groups in total. The number of carbonyl (C=O) groups is 2. The van der Waals surface area contributed by atoms with Gasteiger partial charge in [-0.3, -0.25) is 9.59 Å². The van der Waals surface area contributed by atoms with E-state index >= 15 is 0 Å². The minimum atomic E-state index is -0.939. The molecule has 0 aromatic heterocycles. The standard InChI is InChI=1S/C16H20N2O3/c19-15(20)10-18(12-6-2-3-7-12)16(21)14-9-11-5-1-4-8-13(11)17-14/h1,4-5,8,12,14,17H,2-3,6-7,9-10H2,(H,19,20)/t14-/m0/s1. The summed E-state index contributed by atoms with van der Waals surface area (Å²) in [4.78, 5) is 25.4. The van der Waals surface area contributed by atoms with Gasteiger partial charge in [0.1, 0.15) is 12.6 Å². The number of carboxylic acids is 1. The number of carbonyl (C=O) groups excluding carboxylic acids is 1. The third kappa shape index (κ3) is 2.86. The molecule has 3 rings (SSSR count). The quantitative estimate of drug-likeness (QED) is 0.887. The minimum absolute atomic E-state index is 0.0825. The molecule has 112 valence electrons. The van der Waals surface area contributed by atoms with Crippen LogP contribution >= 0.6 is 0 Å². The van der Waals surface area contributed by atoms with Crippen molar-refractivity contribution in [3.8, 4) is 0 Å². The van der Waals surface area contributed by atoms with Gasteiger partial charge in [0.2, 0.25) is 5.91 Å². The van der Waals surface area contributed by atoms with Crippen LogP contribution in [0.2, 0.25) is 0 Å². The van der Waals surface area contributed by atoms with Gasteiger partial charge in [-0.1, -0.05) is 31.0 Å². The summed E-state index contributed by atoms with van der Waals surface area (Å²) in [5, 5.41) is 12.3. The van der Waals surface area contributed by atoms with Crippen LogP contribution in [0.4, 0.5) is 5.69 Å². The first kappa shape index (κ1) is 13.9. The Kier molecular flexibility index (Phi) is 3.82. The molecule has 21 heavy (non-hydrogen) atoms. The lowest BCUT2D eigenvalue weighted by atomic mass is 10.1. The largest absolute Gasteiger partial charge is 0.480 e. The number of para-hydroxylation sites is 1. The van der Waals surface area contributed by atoms with E-state index < -0.39 is 5.97 Å². The molecule has 1 aliphatic carbocycles. The van der Waals surface area contributed by atoms with Gasteiger partial charge in [-0.2, -0.15) is 0 Å². The Morgan fingerprint density at radius 3 is 2.62 bits per heavy atom. The molecule has 5 heteroatoms. The number of anilines is 1. The summed E-state index contributed by atoms with van der Waals surface area (Å²) in [7, 11) is 0. The van der Waals surface area contributed by atoms with Gasteiger partial charge in [-0.05, 0) is 24.5 Å². The SMILES string of the molecule is O=C(O)CN(C(=O)[C@@H]1Cc2ccccc2N1)C1CCCC1. The van der Waals surface area contributed by atoms with Crippen molar-refractivity contribution in [1.29, 1.82) is 0 Å². The number of nitrogens with zero attached hydrogens (tertiary/aromatic N) is 1. The van der Waals surface area contributed by atoms with Crippen molar-refractivity contribution >= 4 is 17.6 Å². The lowest BCUT2D eigenvalue weighted by Crippen LogP contribution is -2.48. The third-order valence-corrected chi connectivity index (χ3v) is 4.42. The van der Waals surface area contributed by atoms with Crippen molar-refractivity contribution in [2.75, 3.05) is 11.9 Å². The highest BCUT2D eigenvalue weighted by atomic mass is 16.4. The van der Waals surface area contributed by atoms with Crippen molar-refractivity contribution < 1.29 is 14.7 Å². The molecule has 0 unspecified atom stereocenters. The van der Waals surface area contributed by atoms with Crippen LogP contribution in [0, 0.1) is 0 Å². The van der Waals surface area contributed by atoms with Crippen molar-refractivity contribution in [2.45, 2.75) is 44.2 Å². The number of fused-ring (bicyclic) bond motifs is 1. The highest BCUT2D eigenvalue weighted by molar-refractivity contribution is 5.90. The highest BCUT2D eigenvalue weighted by Crippen LogP contribution is 2.29. The maximum absolute atomic E-state index is 12.7. The summed E-state index contributed by atoms with van der Waals surface area (Å²) in [5.41, 5.74) is 2.11. The van der Waals surface area contributed by atoms with E-state index in [-0.39, 0.29) is 24.5 Å². The third-order valence-electron chi connectivity index (χ3n) is 4.42. The van der Waals surface area contributed by atoms with Gasteiger partial charge in [0.05, 0.1) is 0 Å². The zero-order valence-corrected chi connectivity index (χ0v) is 11.9. The Balaban J connectivity index is 1.74. The fourth-order valence-corrected chi connectivity index (χ4v) is 3.40. The molecule has 1 aliphatic heterocycles. The molecule has 0 saturated heterocycles. The first-order valence-corrected chi connectivity index (χ1v) is 7.52. The molecule has 1 aromatic carbocycles. The fourth-order valence-electron chi connectivity index (χ4n) is 3.40. The number of amides is 1. The van der Waals surface area contributed by atoms with E-state index in [1.54, 1.807) is 4.90 Å². The van der Waals surface area contributed by atoms with Crippen LogP contribution in [0.5, 0.6) is 0 Å². The van der Waals surface area contributed by atoms with Gasteiger partial charge in [-0.15, -0.1) is 0 Å². The Bertz CT molecular complexity index is 527.